The summed E-state index contributed by atoms with van der Waals surface area (Å²) in [4.78, 5) is 11.4. The summed E-state index contributed by atoms with van der Waals surface area (Å²) in [6.45, 7) is -0.453. The van der Waals surface area contributed by atoms with Gasteiger partial charge in [0.15, 0.2) is 11.6 Å². The zero-order valence-corrected chi connectivity index (χ0v) is 13.4. The molecule has 1 aromatic carbocycles. The Bertz CT molecular complexity index is 726. The van der Waals surface area contributed by atoms with Crippen molar-refractivity contribution in [2.45, 2.75) is 0 Å². The third-order valence-electron chi connectivity index (χ3n) is 2.63. The monoisotopic (exact) mass is 346 g/mol. The molecule has 0 radical (unpaired) electrons. The highest BCUT2D eigenvalue weighted by molar-refractivity contribution is 7.88. The molecule has 0 unspecified atom stereocenters. The highest BCUT2D eigenvalue weighted by Gasteiger charge is 2.14. The molecule has 1 amide bonds. The second-order valence-corrected chi connectivity index (χ2v) is 6.60. The van der Waals surface area contributed by atoms with Gasteiger partial charge in [0.05, 0.1) is 19.3 Å². The molecule has 6 nitrogen and oxygen atoms in total. The number of carbonyl (C=O) groups excluding carboxylic acids is 1. The number of nitrogens with zero attached hydrogens (tertiary/aromatic N) is 1. The molecule has 0 saturated heterocycles. The van der Waals surface area contributed by atoms with Gasteiger partial charge in [-0.3, -0.25) is 4.79 Å². The highest BCUT2D eigenvalue weighted by atomic mass is 32.2. The zero-order chi connectivity index (χ0) is 17.5. The van der Waals surface area contributed by atoms with E-state index in [4.69, 9.17) is 4.74 Å². The average Bonchev–Trinajstić information content (AvgIpc) is 2.43. The lowest BCUT2D eigenvalue weighted by Crippen LogP contribution is -2.37. The molecule has 126 valence electrons. The zero-order valence-electron chi connectivity index (χ0n) is 12.6. The Labute approximate surface area is 133 Å². The Hall–Kier alpha value is -2.18. The minimum absolute atomic E-state index is 0.00824. The first-order valence-electron chi connectivity index (χ1n) is 6.41. The first-order chi connectivity index (χ1) is 10.7. The topological polar surface area (TPSA) is 75.7 Å². The first kappa shape index (κ1) is 18.9. The molecule has 1 aromatic rings. The van der Waals surface area contributed by atoms with Gasteiger partial charge in [0.25, 0.3) is 0 Å². The molecule has 1 rings (SSSR count). The Balaban J connectivity index is 2.32. The molecule has 9 heteroatoms. The van der Waals surface area contributed by atoms with Crippen LogP contribution in [-0.4, -0.2) is 51.6 Å². The van der Waals surface area contributed by atoms with Crippen molar-refractivity contribution in [2.75, 3.05) is 33.0 Å². The molecule has 0 aliphatic carbocycles. The molecular formula is C14H16F2N2O4S. The number of amides is 1. The fourth-order valence-corrected chi connectivity index (χ4v) is 1.69. The maximum atomic E-state index is 13.2. The lowest BCUT2D eigenvalue weighted by atomic mass is 10.3. The van der Waals surface area contributed by atoms with E-state index in [1.807, 2.05) is 0 Å². The van der Waals surface area contributed by atoms with Crippen LogP contribution in [-0.2, 0) is 14.8 Å². The van der Waals surface area contributed by atoms with E-state index in [-0.39, 0.29) is 25.4 Å². The summed E-state index contributed by atoms with van der Waals surface area (Å²) in [7, 11) is -2.14. The Morgan fingerprint density at radius 2 is 2.04 bits per heavy atom. The normalized spacial score (nSPS) is 10.8. The van der Waals surface area contributed by atoms with Crippen LogP contribution >= 0.6 is 0 Å². The van der Waals surface area contributed by atoms with E-state index in [1.165, 1.54) is 7.05 Å². The van der Waals surface area contributed by atoms with Crippen molar-refractivity contribution in [3.8, 4) is 17.6 Å². The number of hydrogen-bond acceptors (Lipinski definition) is 4. The van der Waals surface area contributed by atoms with E-state index >= 15 is 0 Å². The van der Waals surface area contributed by atoms with Gasteiger partial charge in [0.2, 0.25) is 15.9 Å². The number of nitrogens with one attached hydrogen (secondary N) is 1. The standard InChI is InChI=1S/C14H16F2N2O4S/c1-18(23(2,20)21)10-14(19)17-7-3-4-8-22-13-6-5-11(15)9-12(13)16/h5-6,9H,7-8,10H2,1-2H3,(H,17,19). The summed E-state index contributed by atoms with van der Waals surface area (Å²) in [5, 5.41) is 2.41. The predicted molar refractivity (Wildman–Crippen MR) is 80.1 cm³/mol. The lowest BCUT2D eigenvalue weighted by Gasteiger charge is -2.12. The molecule has 0 aromatic heterocycles. The molecule has 0 aliphatic rings. The van der Waals surface area contributed by atoms with Gasteiger partial charge >= 0.3 is 0 Å². The predicted octanol–water partition coefficient (Wildman–Crippen LogP) is 0.355. The van der Waals surface area contributed by atoms with Crippen LogP contribution in [0.1, 0.15) is 0 Å². The number of sulfonamides is 1. The number of carbonyl (C=O) groups is 1. The average molecular weight is 346 g/mol. The lowest BCUT2D eigenvalue weighted by molar-refractivity contribution is -0.120. The van der Waals surface area contributed by atoms with Crippen LogP contribution in [0.2, 0.25) is 0 Å². The van der Waals surface area contributed by atoms with Crippen molar-refractivity contribution >= 4 is 15.9 Å². The largest absolute Gasteiger partial charge is 0.478 e. The summed E-state index contributed by atoms with van der Waals surface area (Å²) in [6.07, 6.45) is 0.992. The number of halogens is 2. The molecule has 0 saturated carbocycles. The second-order valence-electron chi connectivity index (χ2n) is 4.51. The maximum Gasteiger partial charge on any atom is 0.236 e. The fourth-order valence-electron chi connectivity index (χ4n) is 1.34. The summed E-state index contributed by atoms with van der Waals surface area (Å²) in [6, 6.07) is 2.90. The van der Waals surface area contributed by atoms with E-state index < -0.39 is 27.6 Å². The quantitative estimate of drug-likeness (QED) is 0.755. The minimum Gasteiger partial charge on any atom is -0.478 e. The molecular weight excluding hydrogens is 330 g/mol. The van der Waals surface area contributed by atoms with Gasteiger partial charge in [-0.1, -0.05) is 11.8 Å². The van der Waals surface area contributed by atoms with Gasteiger partial charge in [-0.25, -0.2) is 17.2 Å². The molecule has 0 fully saturated rings. The highest BCUT2D eigenvalue weighted by Crippen LogP contribution is 2.17. The van der Waals surface area contributed by atoms with Crippen LogP contribution in [0, 0.1) is 23.5 Å². The van der Waals surface area contributed by atoms with Gasteiger partial charge in [-0.2, -0.15) is 4.31 Å². The fraction of sp³-hybridized carbons (Fsp3) is 0.357. The molecule has 1 N–H and O–H groups in total. The van der Waals surface area contributed by atoms with Gasteiger partial charge in [-0.05, 0) is 12.1 Å². The summed E-state index contributed by atoms with van der Waals surface area (Å²) in [5.41, 5.74) is 0. The molecule has 0 heterocycles. The van der Waals surface area contributed by atoms with Crippen LogP contribution in [0.5, 0.6) is 5.75 Å². The van der Waals surface area contributed by atoms with Crippen LogP contribution in [0.3, 0.4) is 0 Å². The van der Waals surface area contributed by atoms with Crippen molar-refractivity contribution < 1.29 is 26.7 Å². The van der Waals surface area contributed by atoms with E-state index in [1.54, 1.807) is 0 Å². The Morgan fingerprint density at radius 3 is 2.65 bits per heavy atom. The molecule has 0 atom stereocenters. The Kier molecular flexibility index (Phi) is 6.93. The van der Waals surface area contributed by atoms with Crippen molar-refractivity contribution in [2.24, 2.45) is 0 Å². The number of rotatable bonds is 6. The second kappa shape index (κ2) is 8.45. The molecule has 0 spiro atoms. The van der Waals surface area contributed by atoms with E-state index in [0.29, 0.717) is 6.07 Å². The third-order valence-corrected chi connectivity index (χ3v) is 3.89. The molecule has 23 heavy (non-hydrogen) atoms. The maximum absolute atomic E-state index is 13.2. The van der Waals surface area contributed by atoms with Gasteiger partial charge in [0, 0.05) is 13.1 Å². The van der Waals surface area contributed by atoms with Crippen molar-refractivity contribution in [1.29, 1.82) is 0 Å². The van der Waals surface area contributed by atoms with Crippen molar-refractivity contribution in [1.82, 2.24) is 9.62 Å². The Morgan fingerprint density at radius 1 is 1.35 bits per heavy atom. The van der Waals surface area contributed by atoms with Crippen LogP contribution in [0.25, 0.3) is 0 Å². The third kappa shape index (κ3) is 7.08. The van der Waals surface area contributed by atoms with Gasteiger partial charge in [0.1, 0.15) is 12.4 Å². The van der Waals surface area contributed by atoms with Crippen LogP contribution < -0.4 is 10.1 Å². The minimum atomic E-state index is -3.42. The van der Waals surface area contributed by atoms with Crippen molar-refractivity contribution in [3.05, 3.63) is 29.8 Å². The molecule has 0 bridgehead atoms. The van der Waals surface area contributed by atoms with E-state index in [2.05, 4.69) is 17.2 Å². The first-order valence-corrected chi connectivity index (χ1v) is 8.26. The van der Waals surface area contributed by atoms with E-state index in [9.17, 15) is 22.0 Å². The smallest absolute Gasteiger partial charge is 0.236 e. The number of benzene rings is 1. The molecule has 0 aliphatic heterocycles. The number of hydrogen-bond donors (Lipinski definition) is 1. The van der Waals surface area contributed by atoms with E-state index in [0.717, 1.165) is 22.7 Å². The number of ether oxygens (including phenoxy) is 1. The van der Waals surface area contributed by atoms with Gasteiger partial charge < -0.3 is 10.1 Å². The van der Waals surface area contributed by atoms with Crippen LogP contribution in [0.15, 0.2) is 18.2 Å². The van der Waals surface area contributed by atoms with Crippen molar-refractivity contribution in [3.63, 3.8) is 0 Å². The SMILES string of the molecule is CN(CC(=O)NCC#CCOc1ccc(F)cc1F)S(C)(=O)=O. The van der Waals surface area contributed by atoms with Crippen LogP contribution in [0.4, 0.5) is 8.78 Å². The number of likely N-dealkylation sites (N-methyl/N-ethyl adjacent to an activating group) is 1. The summed E-state index contributed by atoms with van der Waals surface area (Å²) in [5.74, 6) is 2.93. The summed E-state index contributed by atoms with van der Waals surface area (Å²) >= 11 is 0. The van der Waals surface area contributed by atoms with Gasteiger partial charge in [-0.15, -0.1) is 0 Å². The summed E-state index contributed by atoms with van der Waals surface area (Å²) < 4.78 is 54.0.